The minimum absolute atomic E-state index is 0.0380. The molecule has 3 amide bonds. The maximum atomic E-state index is 14.9. The molecule has 2 aromatic rings. The zero-order valence-corrected chi connectivity index (χ0v) is 23.0. The molecule has 0 unspecified atom stereocenters. The Kier molecular flexibility index (Phi) is 8.35. The van der Waals surface area contributed by atoms with Crippen LogP contribution in [0.5, 0.6) is 11.5 Å². The van der Waals surface area contributed by atoms with Gasteiger partial charge < -0.3 is 25.8 Å². The van der Waals surface area contributed by atoms with Gasteiger partial charge in [0.1, 0.15) is 11.6 Å². The van der Waals surface area contributed by atoms with Crippen molar-refractivity contribution < 1.29 is 45.8 Å². The van der Waals surface area contributed by atoms with Crippen LogP contribution in [0.15, 0.2) is 42.5 Å². The van der Waals surface area contributed by atoms with Gasteiger partial charge in [-0.3, -0.25) is 14.4 Å². The number of allylic oxidation sites excluding steroid dienone is 1. The van der Waals surface area contributed by atoms with Crippen molar-refractivity contribution in [3.05, 3.63) is 65.2 Å². The van der Waals surface area contributed by atoms with Gasteiger partial charge in [-0.2, -0.15) is 13.2 Å². The van der Waals surface area contributed by atoms with E-state index in [0.717, 1.165) is 12.1 Å². The lowest BCUT2D eigenvalue weighted by molar-refractivity contribution is -0.140. The molecule has 2 saturated carbocycles. The van der Waals surface area contributed by atoms with Crippen molar-refractivity contribution in [3.8, 4) is 11.5 Å². The zero-order chi connectivity index (χ0) is 31.1. The molecule has 2 fully saturated rings. The molecule has 0 aromatic heterocycles. The molecule has 0 radical (unpaired) electrons. The Morgan fingerprint density at radius 2 is 1.63 bits per heavy atom. The lowest BCUT2D eigenvalue weighted by atomic mass is 9.87. The number of amides is 3. The van der Waals surface area contributed by atoms with E-state index in [2.05, 4.69) is 10.6 Å². The Hall–Kier alpha value is -4.16. The summed E-state index contributed by atoms with van der Waals surface area (Å²) in [5, 5.41) is 5.26. The number of benzene rings is 2. The zero-order valence-electron chi connectivity index (χ0n) is 23.0. The highest BCUT2D eigenvalue weighted by Crippen LogP contribution is 2.45. The number of hydrogen-bond donors (Lipinski definition) is 3. The Morgan fingerprint density at radius 1 is 0.930 bits per heavy atom. The van der Waals surface area contributed by atoms with Crippen molar-refractivity contribution in [2.24, 2.45) is 29.4 Å². The topological polar surface area (TPSA) is 120 Å². The molecule has 43 heavy (non-hydrogen) atoms. The molecule has 5 rings (SSSR count). The molecule has 2 aromatic carbocycles. The second-order valence-electron chi connectivity index (χ2n) is 11.1. The number of primary amides is 1. The Morgan fingerprint density at radius 3 is 2.28 bits per heavy atom. The first-order valence-electron chi connectivity index (χ1n) is 13.9. The van der Waals surface area contributed by atoms with E-state index in [1.807, 2.05) is 12.2 Å². The molecule has 3 aliphatic carbocycles. The predicted molar refractivity (Wildman–Crippen MR) is 144 cm³/mol. The van der Waals surface area contributed by atoms with Gasteiger partial charge in [0.25, 0.3) is 5.91 Å². The van der Waals surface area contributed by atoms with Crippen LogP contribution >= 0.6 is 0 Å². The second-order valence-corrected chi connectivity index (χ2v) is 11.1. The summed E-state index contributed by atoms with van der Waals surface area (Å²) >= 11 is 0. The fraction of sp³-hybridized carbons (Fsp3) is 0.433. The SMILES string of the molecule is COc1cc(F)c(O[C@H]2CC[C@@H](C(N)=O)CC2)cc1C(=O)N[C@H]1[C@@H](C(=O)Nc2ccc(F)c(C(F)(F)F)c2)[C@@H]2C=C[C@H]1C2. The highest BCUT2D eigenvalue weighted by atomic mass is 19.4. The lowest BCUT2D eigenvalue weighted by Crippen LogP contribution is -2.47. The van der Waals surface area contributed by atoms with Crippen molar-refractivity contribution in [2.45, 2.75) is 50.4 Å². The van der Waals surface area contributed by atoms with Crippen LogP contribution in [-0.2, 0) is 15.8 Å². The van der Waals surface area contributed by atoms with E-state index in [1.165, 1.54) is 13.2 Å². The summed E-state index contributed by atoms with van der Waals surface area (Å²) in [6.07, 6.45) is 0.838. The molecule has 0 aliphatic heterocycles. The van der Waals surface area contributed by atoms with Crippen molar-refractivity contribution in [2.75, 3.05) is 12.4 Å². The minimum Gasteiger partial charge on any atom is -0.496 e. The quantitative estimate of drug-likeness (QED) is 0.289. The van der Waals surface area contributed by atoms with Gasteiger partial charge in [-0.05, 0) is 68.2 Å². The van der Waals surface area contributed by atoms with Crippen LogP contribution in [0.2, 0.25) is 0 Å². The maximum Gasteiger partial charge on any atom is 0.419 e. The van der Waals surface area contributed by atoms with Crippen molar-refractivity contribution in [3.63, 3.8) is 0 Å². The van der Waals surface area contributed by atoms with Crippen molar-refractivity contribution in [1.29, 1.82) is 0 Å². The van der Waals surface area contributed by atoms with Gasteiger partial charge in [0, 0.05) is 23.7 Å². The smallest absolute Gasteiger partial charge is 0.419 e. The maximum absolute atomic E-state index is 14.9. The summed E-state index contributed by atoms with van der Waals surface area (Å²) in [5.74, 6) is -5.76. The molecule has 13 heteroatoms. The number of ether oxygens (including phenoxy) is 2. The van der Waals surface area contributed by atoms with Gasteiger partial charge >= 0.3 is 6.18 Å². The Balaban J connectivity index is 1.32. The lowest BCUT2D eigenvalue weighted by Gasteiger charge is -2.29. The largest absolute Gasteiger partial charge is 0.496 e. The number of fused-ring (bicyclic) bond motifs is 2. The summed E-state index contributed by atoms with van der Waals surface area (Å²) < 4.78 is 79.3. The number of halogens is 5. The van der Waals surface area contributed by atoms with E-state index in [9.17, 15) is 36.3 Å². The first-order valence-corrected chi connectivity index (χ1v) is 13.9. The number of nitrogens with one attached hydrogen (secondary N) is 2. The third kappa shape index (κ3) is 6.30. The molecule has 4 atom stereocenters. The second kappa shape index (κ2) is 11.8. The van der Waals surface area contributed by atoms with Gasteiger partial charge in [-0.25, -0.2) is 8.78 Å². The number of rotatable bonds is 8. The van der Waals surface area contributed by atoms with Crippen LogP contribution in [0, 0.1) is 35.3 Å². The number of alkyl halides is 3. The molecule has 3 aliphatic rings. The minimum atomic E-state index is -4.95. The molecule has 0 spiro atoms. The fourth-order valence-electron chi connectivity index (χ4n) is 6.27. The Labute approximate surface area is 243 Å². The number of hydrogen-bond acceptors (Lipinski definition) is 5. The highest BCUT2D eigenvalue weighted by molar-refractivity contribution is 5.99. The van der Waals surface area contributed by atoms with E-state index >= 15 is 0 Å². The first-order chi connectivity index (χ1) is 20.3. The normalized spacial score (nSPS) is 26.2. The molecule has 0 heterocycles. The summed E-state index contributed by atoms with van der Waals surface area (Å²) in [5.41, 5.74) is 3.60. The third-order valence-corrected chi connectivity index (χ3v) is 8.47. The van der Waals surface area contributed by atoms with Gasteiger partial charge in [-0.15, -0.1) is 0 Å². The van der Waals surface area contributed by atoms with Crippen molar-refractivity contribution in [1.82, 2.24) is 5.32 Å². The molecular formula is C30H30F5N3O5. The fourth-order valence-corrected chi connectivity index (χ4v) is 6.27. The van der Waals surface area contributed by atoms with Crippen LogP contribution < -0.4 is 25.8 Å². The van der Waals surface area contributed by atoms with Gasteiger partial charge in [0.05, 0.1) is 30.3 Å². The number of methoxy groups -OCH3 is 1. The standard InChI is InChI=1S/C30H30F5N3O5/c1-42-23-13-22(32)24(43-18-7-4-14(5-8-18)27(36)39)12-19(23)28(40)38-26-16-3-2-15(10-16)25(26)29(41)37-17-6-9-21(31)20(11-17)30(33,34)35/h2-3,6,9,11-16,18,25-26H,4-5,7-8,10H2,1H3,(H2,36,39)(H,37,41)(H,38,40)/t14-,15-,16+,18+,25+,26-/m1/s1. The predicted octanol–water partition coefficient (Wildman–Crippen LogP) is 4.97. The molecule has 2 bridgehead atoms. The molecule has 230 valence electrons. The number of carbonyl (C=O) groups excluding carboxylic acids is 3. The van der Waals surface area contributed by atoms with Crippen LogP contribution in [0.4, 0.5) is 27.6 Å². The van der Waals surface area contributed by atoms with Gasteiger partial charge in [0.2, 0.25) is 11.8 Å². The van der Waals surface area contributed by atoms with E-state index in [4.69, 9.17) is 15.2 Å². The number of nitrogens with two attached hydrogens (primary N) is 1. The average molecular weight is 608 g/mol. The van der Waals surface area contributed by atoms with E-state index in [0.29, 0.717) is 44.2 Å². The van der Waals surface area contributed by atoms with Crippen molar-refractivity contribution >= 4 is 23.4 Å². The van der Waals surface area contributed by atoms with E-state index in [-0.39, 0.29) is 52.5 Å². The summed E-state index contributed by atoms with van der Waals surface area (Å²) in [4.78, 5) is 38.3. The van der Waals surface area contributed by atoms with E-state index < -0.39 is 47.1 Å². The summed E-state index contributed by atoms with van der Waals surface area (Å²) in [6, 6.07) is 3.70. The van der Waals surface area contributed by atoms with E-state index in [1.54, 1.807) is 0 Å². The van der Waals surface area contributed by atoms with Crippen LogP contribution in [0.3, 0.4) is 0 Å². The summed E-state index contributed by atoms with van der Waals surface area (Å²) in [7, 11) is 1.27. The summed E-state index contributed by atoms with van der Waals surface area (Å²) in [6.45, 7) is 0. The van der Waals surface area contributed by atoms with Crippen LogP contribution in [0.1, 0.15) is 48.0 Å². The van der Waals surface area contributed by atoms with Crippen LogP contribution in [0.25, 0.3) is 0 Å². The molecular weight excluding hydrogens is 577 g/mol. The Bertz CT molecular complexity index is 1450. The first kappa shape index (κ1) is 30.3. The highest BCUT2D eigenvalue weighted by Gasteiger charge is 2.49. The van der Waals surface area contributed by atoms with Gasteiger partial charge in [-0.1, -0.05) is 12.2 Å². The third-order valence-electron chi connectivity index (χ3n) is 8.47. The van der Waals surface area contributed by atoms with Crippen LogP contribution in [-0.4, -0.2) is 37.0 Å². The average Bonchev–Trinajstić information content (AvgIpc) is 3.56. The molecule has 0 saturated heterocycles. The molecule has 4 N–H and O–H groups in total. The number of anilines is 1. The molecule has 8 nitrogen and oxygen atoms in total. The monoisotopic (exact) mass is 607 g/mol. The van der Waals surface area contributed by atoms with Gasteiger partial charge in [0.15, 0.2) is 11.6 Å². The number of carbonyl (C=O) groups is 3.